The number of amides is 2. The van der Waals surface area contributed by atoms with Crippen molar-refractivity contribution in [3.05, 3.63) is 23.8 Å². The second-order valence-electron chi connectivity index (χ2n) is 4.77. The molecule has 7 heteroatoms. The first-order valence-corrected chi connectivity index (χ1v) is 7.52. The molecule has 0 saturated carbocycles. The number of thioether (sulfide) groups is 1. The van der Waals surface area contributed by atoms with E-state index in [0.29, 0.717) is 5.16 Å². The molecule has 112 valence electrons. The van der Waals surface area contributed by atoms with E-state index < -0.39 is 0 Å². The molecule has 2 rings (SSSR count). The summed E-state index contributed by atoms with van der Waals surface area (Å²) in [6.07, 6.45) is 0. The van der Waals surface area contributed by atoms with Gasteiger partial charge in [0.05, 0.1) is 23.3 Å². The Bertz CT molecular complexity index is 668. The Kier molecular flexibility index (Phi) is 4.85. The topological polar surface area (TPSA) is 78.1 Å². The third-order valence-corrected chi connectivity index (χ3v) is 3.89. The zero-order chi connectivity index (χ0) is 15.4. The van der Waals surface area contributed by atoms with E-state index >= 15 is 0 Å². The first kappa shape index (κ1) is 15.4. The van der Waals surface area contributed by atoms with E-state index in [1.54, 1.807) is 14.1 Å². The van der Waals surface area contributed by atoms with Gasteiger partial charge in [0.25, 0.3) is 0 Å². The standard InChI is InChI=1S/C14H18N4O2S/c1-9-4-5-10-11(6-9)17-14(16-10)21-8-13(20)18(3)7-12(19)15-2/h4-6H,7-8H2,1-3H3,(H,15,19)(H,16,17). The van der Waals surface area contributed by atoms with Gasteiger partial charge in [-0.1, -0.05) is 17.8 Å². The van der Waals surface area contributed by atoms with Crippen molar-refractivity contribution in [2.24, 2.45) is 0 Å². The summed E-state index contributed by atoms with van der Waals surface area (Å²) in [6.45, 7) is 2.08. The maximum Gasteiger partial charge on any atom is 0.239 e. The van der Waals surface area contributed by atoms with E-state index in [2.05, 4.69) is 15.3 Å². The fourth-order valence-electron chi connectivity index (χ4n) is 1.79. The number of nitrogens with one attached hydrogen (secondary N) is 2. The lowest BCUT2D eigenvalue weighted by molar-refractivity contribution is -0.132. The number of imidazole rings is 1. The number of aryl methyl sites for hydroxylation is 1. The van der Waals surface area contributed by atoms with E-state index in [1.807, 2.05) is 25.1 Å². The Morgan fingerprint density at radius 3 is 2.90 bits per heavy atom. The third kappa shape index (κ3) is 3.98. The van der Waals surface area contributed by atoms with Crippen LogP contribution in [0.2, 0.25) is 0 Å². The Morgan fingerprint density at radius 1 is 1.43 bits per heavy atom. The Morgan fingerprint density at radius 2 is 2.19 bits per heavy atom. The summed E-state index contributed by atoms with van der Waals surface area (Å²) in [6, 6.07) is 5.97. The fraction of sp³-hybridized carbons (Fsp3) is 0.357. The van der Waals surface area contributed by atoms with Crippen molar-refractivity contribution >= 4 is 34.6 Å². The maximum absolute atomic E-state index is 11.9. The highest BCUT2D eigenvalue weighted by atomic mass is 32.2. The number of carbonyl (C=O) groups excluding carboxylic acids is 2. The van der Waals surface area contributed by atoms with Gasteiger partial charge in [0.1, 0.15) is 0 Å². The highest BCUT2D eigenvalue weighted by molar-refractivity contribution is 7.99. The summed E-state index contributed by atoms with van der Waals surface area (Å²) in [5.74, 6) is -0.0537. The zero-order valence-corrected chi connectivity index (χ0v) is 13.1. The molecule has 1 heterocycles. The molecular formula is C14H18N4O2S. The second kappa shape index (κ2) is 6.62. The average Bonchev–Trinajstić information content (AvgIpc) is 2.86. The van der Waals surface area contributed by atoms with Crippen molar-refractivity contribution in [2.75, 3.05) is 26.4 Å². The number of hydrogen-bond acceptors (Lipinski definition) is 4. The highest BCUT2D eigenvalue weighted by Gasteiger charge is 2.13. The van der Waals surface area contributed by atoms with Crippen molar-refractivity contribution < 1.29 is 9.59 Å². The molecule has 0 bridgehead atoms. The van der Waals surface area contributed by atoms with Crippen LogP contribution < -0.4 is 5.32 Å². The van der Waals surface area contributed by atoms with E-state index in [1.165, 1.54) is 16.7 Å². The number of benzene rings is 1. The van der Waals surface area contributed by atoms with Crippen LogP contribution in [0.15, 0.2) is 23.4 Å². The van der Waals surface area contributed by atoms with Crippen molar-refractivity contribution in [1.82, 2.24) is 20.2 Å². The first-order valence-electron chi connectivity index (χ1n) is 6.53. The normalized spacial score (nSPS) is 10.6. The van der Waals surface area contributed by atoms with Crippen LogP contribution in [0.3, 0.4) is 0 Å². The van der Waals surface area contributed by atoms with E-state index in [4.69, 9.17) is 0 Å². The Labute approximate surface area is 127 Å². The summed E-state index contributed by atoms with van der Waals surface area (Å²) in [7, 11) is 3.16. The van der Waals surface area contributed by atoms with Gasteiger partial charge in [-0.25, -0.2) is 4.98 Å². The van der Waals surface area contributed by atoms with Gasteiger partial charge in [-0.2, -0.15) is 0 Å². The minimum absolute atomic E-state index is 0.0647. The molecule has 0 radical (unpaired) electrons. The Balaban J connectivity index is 1.94. The fourth-order valence-corrected chi connectivity index (χ4v) is 2.62. The molecule has 0 fully saturated rings. The van der Waals surface area contributed by atoms with Gasteiger partial charge in [-0.05, 0) is 24.6 Å². The van der Waals surface area contributed by atoms with Crippen molar-refractivity contribution in [2.45, 2.75) is 12.1 Å². The first-order chi connectivity index (χ1) is 9.99. The smallest absolute Gasteiger partial charge is 0.239 e. The largest absolute Gasteiger partial charge is 0.358 e. The van der Waals surface area contributed by atoms with Gasteiger partial charge in [0, 0.05) is 14.1 Å². The molecule has 6 nitrogen and oxygen atoms in total. The van der Waals surface area contributed by atoms with Crippen LogP contribution in [-0.2, 0) is 9.59 Å². The zero-order valence-electron chi connectivity index (χ0n) is 12.3. The van der Waals surface area contributed by atoms with Crippen LogP contribution in [0, 0.1) is 6.92 Å². The molecule has 0 aliphatic rings. The van der Waals surface area contributed by atoms with Gasteiger partial charge < -0.3 is 15.2 Å². The lowest BCUT2D eigenvalue weighted by Crippen LogP contribution is -2.37. The van der Waals surface area contributed by atoms with Gasteiger partial charge >= 0.3 is 0 Å². The number of likely N-dealkylation sites (N-methyl/N-ethyl adjacent to an activating group) is 2. The monoisotopic (exact) mass is 306 g/mol. The van der Waals surface area contributed by atoms with Crippen molar-refractivity contribution in [1.29, 1.82) is 0 Å². The van der Waals surface area contributed by atoms with Crippen LogP contribution >= 0.6 is 11.8 Å². The molecule has 0 saturated heterocycles. The third-order valence-electron chi connectivity index (χ3n) is 3.03. The molecule has 0 aliphatic carbocycles. The number of fused-ring (bicyclic) bond motifs is 1. The number of nitrogens with zero attached hydrogens (tertiary/aromatic N) is 2. The molecule has 2 aromatic rings. The molecule has 0 spiro atoms. The molecule has 1 aromatic carbocycles. The van der Waals surface area contributed by atoms with Crippen molar-refractivity contribution in [3.8, 4) is 0 Å². The molecule has 1 aromatic heterocycles. The van der Waals surface area contributed by atoms with E-state index in [9.17, 15) is 9.59 Å². The minimum Gasteiger partial charge on any atom is -0.358 e. The van der Waals surface area contributed by atoms with Crippen molar-refractivity contribution in [3.63, 3.8) is 0 Å². The van der Waals surface area contributed by atoms with E-state index in [0.717, 1.165) is 16.6 Å². The molecule has 21 heavy (non-hydrogen) atoms. The lowest BCUT2D eigenvalue weighted by atomic mass is 10.2. The second-order valence-corrected chi connectivity index (χ2v) is 5.74. The van der Waals surface area contributed by atoms with Gasteiger partial charge in [-0.15, -0.1) is 0 Å². The molecule has 0 atom stereocenters. The van der Waals surface area contributed by atoms with Crippen LogP contribution in [0.5, 0.6) is 0 Å². The Hall–Kier alpha value is -2.02. The summed E-state index contributed by atoms with van der Waals surface area (Å²) in [5, 5.41) is 3.20. The number of carbonyl (C=O) groups is 2. The number of rotatable bonds is 5. The van der Waals surface area contributed by atoms with Crippen LogP contribution in [0.4, 0.5) is 0 Å². The summed E-state index contributed by atoms with van der Waals surface area (Å²) < 4.78 is 0. The molecule has 0 aliphatic heterocycles. The van der Waals surface area contributed by atoms with E-state index in [-0.39, 0.29) is 24.1 Å². The van der Waals surface area contributed by atoms with Gasteiger partial charge in [-0.3, -0.25) is 9.59 Å². The van der Waals surface area contributed by atoms with Crippen LogP contribution in [-0.4, -0.2) is 53.1 Å². The lowest BCUT2D eigenvalue weighted by Gasteiger charge is -2.15. The average molecular weight is 306 g/mol. The highest BCUT2D eigenvalue weighted by Crippen LogP contribution is 2.20. The SMILES string of the molecule is CNC(=O)CN(C)C(=O)CSc1nc2ccc(C)cc2[nH]1. The molecule has 0 unspecified atom stereocenters. The number of aromatic nitrogens is 2. The summed E-state index contributed by atoms with van der Waals surface area (Å²) in [4.78, 5) is 32.1. The number of hydrogen-bond donors (Lipinski definition) is 2. The van der Waals surface area contributed by atoms with Crippen LogP contribution in [0.1, 0.15) is 5.56 Å². The van der Waals surface area contributed by atoms with Gasteiger partial charge in [0.15, 0.2) is 5.16 Å². The van der Waals surface area contributed by atoms with Crippen LogP contribution in [0.25, 0.3) is 11.0 Å². The molecule has 2 N–H and O–H groups in total. The number of aromatic amines is 1. The molecular weight excluding hydrogens is 288 g/mol. The molecule has 2 amide bonds. The number of H-pyrrole nitrogens is 1. The predicted molar refractivity (Wildman–Crippen MR) is 83.3 cm³/mol. The minimum atomic E-state index is -0.185. The quantitative estimate of drug-likeness (QED) is 0.813. The summed E-state index contributed by atoms with van der Waals surface area (Å²) >= 11 is 1.33. The summed E-state index contributed by atoms with van der Waals surface area (Å²) in [5.41, 5.74) is 3.00. The van der Waals surface area contributed by atoms with Gasteiger partial charge in [0.2, 0.25) is 11.8 Å². The maximum atomic E-state index is 11.9. The predicted octanol–water partition coefficient (Wildman–Crippen LogP) is 1.17.